The lowest BCUT2D eigenvalue weighted by Crippen LogP contribution is -2.15. The van der Waals surface area contributed by atoms with E-state index in [4.69, 9.17) is 5.26 Å². The van der Waals surface area contributed by atoms with E-state index in [1.54, 1.807) is 30.3 Å². The molecule has 1 heterocycles. The van der Waals surface area contributed by atoms with E-state index in [2.05, 4.69) is 15.6 Å². The molecule has 24 heavy (non-hydrogen) atoms. The van der Waals surface area contributed by atoms with Gasteiger partial charge in [0.1, 0.15) is 17.5 Å². The van der Waals surface area contributed by atoms with Crippen molar-refractivity contribution < 1.29 is 9.59 Å². The van der Waals surface area contributed by atoms with Crippen LogP contribution < -0.4 is 10.6 Å². The van der Waals surface area contributed by atoms with E-state index in [9.17, 15) is 9.59 Å². The highest BCUT2D eigenvalue weighted by Crippen LogP contribution is 2.12. The number of hydrogen-bond acceptors (Lipinski definition) is 5. The number of nitrogens with one attached hydrogen (secondary N) is 2. The zero-order valence-corrected chi connectivity index (χ0v) is 13.3. The number of hydrogen-bond donors (Lipinski definition) is 2. The van der Waals surface area contributed by atoms with Gasteiger partial charge in [0.25, 0.3) is 5.91 Å². The fourth-order valence-corrected chi connectivity index (χ4v) is 1.93. The minimum absolute atomic E-state index is 0.102. The first kappa shape index (κ1) is 16.9. The Morgan fingerprint density at radius 3 is 2.62 bits per heavy atom. The SMILES string of the molecule is CC(=O)c1cccc(NC(=O)/C(C#N)=C\Nc2cccc(C)n2)c1. The summed E-state index contributed by atoms with van der Waals surface area (Å²) in [7, 11) is 0. The average Bonchev–Trinajstić information content (AvgIpc) is 2.55. The number of nitrogens with zero attached hydrogens (tertiary/aromatic N) is 2. The Hall–Kier alpha value is -3.46. The van der Waals surface area contributed by atoms with Crippen LogP contribution in [0.2, 0.25) is 0 Å². The fourth-order valence-electron chi connectivity index (χ4n) is 1.93. The number of ketones is 1. The van der Waals surface area contributed by atoms with Crippen LogP contribution >= 0.6 is 0 Å². The maximum absolute atomic E-state index is 12.2. The molecule has 0 saturated heterocycles. The first-order chi connectivity index (χ1) is 11.5. The summed E-state index contributed by atoms with van der Waals surface area (Å²) in [6.45, 7) is 3.29. The molecule has 0 unspecified atom stereocenters. The van der Waals surface area contributed by atoms with Gasteiger partial charge in [-0.15, -0.1) is 0 Å². The molecule has 1 aromatic carbocycles. The third-order valence-electron chi connectivity index (χ3n) is 3.14. The van der Waals surface area contributed by atoms with Crippen LogP contribution in [0.4, 0.5) is 11.5 Å². The molecule has 0 aliphatic rings. The predicted octanol–water partition coefficient (Wildman–Crippen LogP) is 3.05. The number of aryl methyl sites for hydroxylation is 1. The van der Waals surface area contributed by atoms with Gasteiger partial charge in [-0.25, -0.2) is 4.98 Å². The van der Waals surface area contributed by atoms with Gasteiger partial charge in [0, 0.05) is 23.1 Å². The minimum atomic E-state index is -0.571. The standard InChI is InChI=1S/C18H16N4O2/c1-12-5-3-8-17(21-12)20-11-15(10-19)18(24)22-16-7-4-6-14(9-16)13(2)23/h3-9,11H,1-2H3,(H,20,21)(H,22,24)/b15-11-. The van der Waals surface area contributed by atoms with E-state index in [1.807, 2.05) is 25.1 Å². The summed E-state index contributed by atoms with van der Waals surface area (Å²) < 4.78 is 0. The molecule has 0 atom stereocenters. The number of Topliss-reactive ketones (excluding diaryl/α,β-unsaturated/α-hetero) is 1. The lowest BCUT2D eigenvalue weighted by molar-refractivity contribution is -0.112. The van der Waals surface area contributed by atoms with Gasteiger partial charge in [0.05, 0.1) is 0 Å². The van der Waals surface area contributed by atoms with E-state index >= 15 is 0 Å². The van der Waals surface area contributed by atoms with E-state index in [1.165, 1.54) is 13.1 Å². The average molecular weight is 320 g/mol. The highest BCUT2D eigenvalue weighted by atomic mass is 16.1. The predicted molar refractivity (Wildman–Crippen MR) is 91.4 cm³/mol. The van der Waals surface area contributed by atoms with Crippen LogP contribution in [0, 0.1) is 18.3 Å². The summed E-state index contributed by atoms with van der Waals surface area (Å²) in [6, 6.07) is 13.8. The molecule has 1 amide bonds. The molecule has 2 rings (SSSR count). The van der Waals surface area contributed by atoms with Crippen molar-refractivity contribution in [3.8, 4) is 6.07 Å². The van der Waals surface area contributed by atoms with Crippen molar-refractivity contribution in [1.29, 1.82) is 5.26 Å². The van der Waals surface area contributed by atoms with Crippen LogP contribution in [0.15, 0.2) is 54.2 Å². The number of carbonyl (C=O) groups is 2. The Morgan fingerprint density at radius 2 is 1.96 bits per heavy atom. The van der Waals surface area contributed by atoms with Crippen molar-refractivity contribution in [1.82, 2.24) is 4.98 Å². The second-order valence-corrected chi connectivity index (χ2v) is 5.07. The molecule has 6 nitrogen and oxygen atoms in total. The van der Waals surface area contributed by atoms with Gasteiger partial charge in [-0.3, -0.25) is 9.59 Å². The van der Waals surface area contributed by atoms with Crippen LogP contribution in [-0.4, -0.2) is 16.7 Å². The number of nitriles is 1. The highest BCUT2D eigenvalue weighted by molar-refractivity contribution is 6.07. The zero-order valence-electron chi connectivity index (χ0n) is 13.3. The number of carbonyl (C=O) groups excluding carboxylic acids is 2. The Bertz CT molecular complexity index is 850. The quantitative estimate of drug-likeness (QED) is 0.501. The monoisotopic (exact) mass is 320 g/mol. The Labute approximate surface area is 139 Å². The summed E-state index contributed by atoms with van der Waals surface area (Å²) >= 11 is 0. The minimum Gasteiger partial charge on any atom is -0.345 e. The lowest BCUT2D eigenvalue weighted by Gasteiger charge is -2.06. The molecule has 0 aliphatic heterocycles. The number of pyridine rings is 1. The fraction of sp³-hybridized carbons (Fsp3) is 0.111. The molecule has 6 heteroatoms. The number of benzene rings is 1. The van der Waals surface area contributed by atoms with Crippen LogP contribution in [-0.2, 0) is 4.79 Å². The molecule has 0 saturated carbocycles. The number of amides is 1. The smallest absolute Gasteiger partial charge is 0.267 e. The summed E-state index contributed by atoms with van der Waals surface area (Å²) in [6.07, 6.45) is 1.30. The second-order valence-electron chi connectivity index (χ2n) is 5.07. The lowest BCUT2D eigenvalue weighted by atomic mass is 10.1. The van der Waals surface area contributed by atoms with Crippen molar-refractivity contribution >= 4 is 23.2 Å². The number of anilines is 2. The second kappa shape index (κ2) is 7.70. The molecular weight excluding hydrogens is 304 g/mol. The van der Waals surface area contributed by atoms with Crippen molar-refractivity contribution in [2.24, 2.45) is 0 Å². The van der Waals surface area contributed by atoms with Crippen LogP contribution in [0.5, 0.6) is 0 Å². The van der Waals surface area contributed by atoms with Gasteiger partial charge in [0.15, 0.2) is 5.78 Å². The highest BCUT2D eigenvalue weighted by Gasteiger charge is 2.10. The molecule has 120 valence electrons. The van der Waals surface area contributed by atoms with E-state index < -0.39 is 5.91 Å². The van der Waals surface area contributed by atoms with Crippen LogP contribution in [0.3, 0.4) is 0 Å². The largest absolute Gasteiger partial charge is 0.345 e. The third kappa shape index (κ3) is 4.52. The zero-order chi connectivity index (χ0) is 17.5. The van der Waals surface area contributed by atoms with E-state index in [-0.39, 0.29) is 11.4 Å². The molecule has 0 bridgehead atoms. The molecule has 1 aromatic heterocycles. The number of aromatic nitrogens is 1. The summed E-state index contributed by atoms with van der Waals surface area (Å²) in [4.78, 5) is 27.8. The van der Waals surface area contributed by atoms with Crippen LogP contribution in [0.25, 0.3) is 0 Å². The molecule has 0 aliphatic carbocycles. The van der Waals surface area contributed by atoms with Gasteiger partial charge < -0.3 is 10.6 Å². The van der Waals surface area contributed by atoms with E-state index in [0.29, 0.717) is 17.1 Å². The van der Waals surface area contributed by atoms with Gasteiger partial charge in [-0.05, 0) is 38.1 Å². The van der Waals surface area contributed by atoms with E-state index in [0.717, 1.165) is 5.69 Å². The maximum Gasteiger partial charge on any atom is 0.267 e. The van der Waals surface area contributed by atoms with Crippen LogP contribution in [0.1, 0.15) is 23.0 Å². The normalized spacial score (nSPS) is 10.6. The van der Waals surface area contributed by atoms with Crippen molar-refractivity contribution in [2.45, 2.75) is 13.8 Å². The molecule has 0 spiro atoms. The molecule has 2 N–H and O–H groups in total. The Balaban J connectivity index is 2.11. The molecular formula is C18H16N4O2. The van der Waals surface area contributed by atoms with Gasteiger partial charge in [-0.2, -0.15) is 5.26 Å². The Morgan fingerprint density at radius 1 is 1.21 bits per heavy atom. The summed E-state index contributed by atoms with van der Waals surface area (Å²) in [5.74, 6) is -0.137. The molecule has 0 fully saturated rings. The van der Waals surface area contributed by atoms with Gasteiger partial charge in [0.2, 0.25) is 0 Å². The van der Waals surface area contributed by atoms with Crippen molar-refractivity contribution in [2.75, 3.05) is 10.6 Å². The topological polar surface area (TPSA) is 94.9 Å². The Kier molecular flexibility index (Phi) is 5.42. The van der Waals surface area contributed by atoms with Crippen molar-refractivity contribution in [3.05, 3.63) is 65.5 Å². The van der Waals surface area contributed by atoms with Crippen molar-refractivity contribution in [3.63, 3.8) is 0 Å². The number of rotatable bonds is 5. The molecule has 0 radical (unpaired) electrons. The van der Waals surface area contributed by atoms with Gasteiger partial charge in [-0.1, -0.05) is 18.2 Å². The third-order valence-corrected chi connectivity index (χ3v) is 3.14. The summed E-state index contributed by atoms with van der Waals surface area (Å²) in [5.41, 5.74) is 1.64. The first-order valence-corrected chi connectivity index (χ1v) is 7.22. The van der Waals surface area contributed by atoms with Gasteiger partial charge >= 0.3 is 0 Å². The molecule has 2 aromatic rings. The summed E-state index contributed by atoms with van der Waals surface area (Å²) in [5, 5.41) is 14.6. The first-order valence-electron chi connectivity index (χ1n) is 7.22. The maximum atomic E-state index is 12.2.